The molecule has 0 aliphatic carbocycles. The fraction of sp³-hybridized carbons (Fsp3) is 0.111. The second-order valence-electron chi connectivity index (χ2n) is 4.97. The maximum absolute atomic E-state index is 12.2. The van der Waals surface area contributed by atoms with E-state index in [9.17, 15) is 9.59 Å². The van der Waals surface area contributed by atoms with Crippen LogP contribution in [0, 0.1) is 0 Å². The fourth-order valence-corrected chi connectivity index (χ4v) is 2.59. The summed E-state index contributed by atoms with van der Waals surface area (Å²) in [6.45, 7) is 0. The van der Waals surface area contributed by atoms with Gasteiger partial charge in [0.25, 0.3) is 5.56 Å². The second kappa shape index (κ2) is 5.96. The summed E-state index contributed by atoms with van der Waals surface area (Å²) in [4.78, 5) is 27.0. The number of carbonyl (C=O) groups excluding carboxylic acids is 1. The SMILES string of the molecule is COC(=O)c1[nH]c(=O)c2ccccc2c1-c1ccc(OC)cc1. The van der Waals surface area contributed by atoms with Crippen LogP contribution in [-0.4, -0.2) is 25.2 Å². The lowest BCUT2D eigenvalue weighted by atomic mass is 9.97. The molecule has 5 heteroatoms. The van der Waals surface area contributed by atoms with E-state index in [1.165, 1.54) is 7.11 Å². The standard InChI is InChI=1S/C18H15NO4/c1-22-12-9-7-11(8-10-12)15-13-5-3-4-6-14(13)17(20)19-16(15)18(21)23-2/h3-10H,1-2H3,(H,19,20). The molecule has 0 fully saturated rings. The first-order chi connectivity index (χ1) is 11.2. The summed E-state index contributed by atoms with van der Waals surface area (Å²) in [7, 11) is 2.87. The Bertz CT molecular complexity index is 926. The van der Waals surface area contributed by atoms with E-state index in [0.717, 1.165) is 5.56 Å². The lowest BCUT2D eigenvalue weighted by Gasteiger charge is -2.12. The summed E-state index contributed by atoms with van der Waals surface area (Å²) in [6, 6.07) is 14.4. The van der Waals surface area contributed by atoms with Gasteiger partial charge < -0.3 is 14.5 Å². The minimum Gasteiger partial charge on any atom is -0.497 e. The van der Waals surface area contributed by atoms with E-state index in [0.29, 0.717) is 22.1 Å². The Labute approximate surface area is 132 Å². The van der Waals surface area contributed by atoms with Crippen LogP contribution in [0.1, 0.15) is 10.5 Å². The number of fused-ring (bicyclic) bond motifs is 1. The molecule has 1 aromatic heterocycles. The van der Waals surface area contributed by atoms with Crippen molar-refractivity contribution in [3.05, 3.63) is 64.6 Å². The van der Waals surface area contributed by atoms with Crippen LogP contribution in [0.4, 0.5) is 0 Å². The van der Waals surface area contributed by atoms with E-state index < -0.39 is 5.97 Å². The van der Waals surface area contributed by atoms with Crippen molar-refractivity contribution < 1.29 is 14.3 Å². The fourth-order valence-electron chi connectivity index (χ4n) is 2.59. The van der Waals surface area contributed by atoms with Gasteiger partial charge in [0.1, 0.15) is 11.4 Å². The first kappa shape index (κ1) is 14.8. The monoisotopic (exact) mass is 309 g/mol. The molecule has 0 radical (unpaired) electrons. The van der Waals surface area contributed by atoms with Crippen molar-refractivity contribution in [2.24, 2.45) is 0 Å². The molecule has 0 bridgehead atoms. The Kier molecular flexibility index (Phi) is 3.85. The van der Waals surface area contributed by atoms with E-state index in [1.807, 2.05) is 24.3 Å². The minimum atomic E-state index is -0.585. The second-order valence-corrected chi connectivity index (χ2v) is 4.97. The van der Waals surface area contributed by atoms with Crippen LogP contribution in [0.2, 0.25) is 0 Å². The Morgan fingerprint density at radius 3 is 2.22 bits per heavy atom. The highest BCUT2D eigenvalue weighted by Crippen LogP contribution is 2.31. The van der Waals surface area contributed by atoms with Crippen LogP contribution < -0.4 is 10.3 Å². The highest BCUT2D eigenvalue weighted by molar-refractivity contribution is 6.06. The van der Waals surface area contributed by atoms with Gasteiger partial charge in [0.2, 0.25) is 0 Å². The molecule has 116 valence electrons. The quantitative estimate of drug-likeness (QED) is 0.755. The molecule has 0 saturated heterocycles. The van der Waals surface area contributed by atoms with Crippen LogP contribution in [0.5, 0.6) is 5.75 Å². The molecule has 1 heterocycles. The summed E-state index contributed by atoms with van der Waals surface area (Å²) in [5.74, 6) is 0.126. The van der Waals surface area contributed by atoms with Crippen LogP contribution >= 0.6 is 0 Å². The zero-order chi connectivity index (χ0) is 16.4. The lowest BCUT2D eigenvalue weighted by molar-refractivity contribution is 0.0595. The predicted molar refractivity (Wildman–Crippen MR) is 87.9 cm³/mol. The number of aromatic nitrogens is 1. The highest BCUT2D eigenvalue weighted by Gasteiger charge is 2.19. The van der Waals surface area contributed by atoms with Crippen molar-refractivity contribution in [2.45, 2.75) is 0 Å². The third-order valence-electron chi connectivity index (χ3n) is 3.70. The molecular formula is C18H15NO4. The highest BCUT2D eigenvalue weighted by atomic mass is 16.5. The molecule has 2 aromatic carbocycles. The number of nitrogens with one attached hydrogen (secondary N) is 1. The van der Waals surface area contributed by atoms with Gasteiger partial charge in [-0.3, -0.25) is 4.79 Å². The molecule has 3 aromatic rings. The van der Waals surface area contributed by atoms with Crippen LogP contribution in [0.15, 0.2) is 53.3 Å². The molecule has 0 aliphatic rings. The maximum atomic E-state index is 12.2. The van der Waals surface area contributed by atoms with Gasteiger partial charge in [-0.1, -0.05) is 30.3 Å². The Morgan fingerprint density at radius 1 is 0.957 bits per heavy atom. The summed E-state index contributed by atoms with van der Waals surface area (Å²) in [5, 5.41) is 1.22. The Balaban J connectivity index is 2.37. The van der Waals surface area contributed by atoms with Crippen molar-refractivity contribution in [3.8, 4) is 16.9 Å². The van der Waals surface area contributed by atoms with Gasteiger partial charge in [-0.05, 0) is 29.1 Å². The molecule has 0 atom stereocenters. The van der Waals surface area contributed by atoms with Gasteiger partial charge in [0.15, 0.2) is 0 Å². The van der Waals surface area contributed by atoms with Crippen molar-refractivity contribution in [1.29, 1.82) is 0 Å². The maximum Gasteiger partial charge on any atom is 0.355 e. The Hall–Kier alpha value is -3.08. The van der Waals surface area contributed by atoms with E-state index in [2.05, 4.69) is 4.98 Å². The number of H-pyrrole nitrogens is 1. The molecule has 5 nitrogen and oxygen atoms in total. The Morgan fingerprint density at radius 2 is 1.61 bits per heavy atom. The third-order valence-corrected chi connectivity index (χ3v) is 3.70. The van der Waals surface area contributed by atoms with E-state index in [1.54, 1.807) is 31.4 Å². The van der Waals surface area contributed by atoms with Gasteiger partial charge in [0.05, 0.1) is 14.2 Å². The lowest BCUT2D eigenvalue weighted by Crippen LogP contribution is -2.16. The largest absolute Gasteiger partial charge is 0.497 e. The van der Waals surface area contributed by atoms with Gasteiger partial charge in [0, 0.05) is 10.9 Å². The normalized spacial score (nSPS) is 10.5. The van der Waals surface area contributed by atoms with Crippen molar-refractivity contribution >= 4 is 16.7 Å². The number of hydrogen-bond donors (Lipinski definition) is 1. The average Bonchev–Trinajstić information content (AvgIpc) is 2.61. The topological polar surface area (TPSA) is 68.4 Å². The third kappa shape index (κ3) is 2.57. The number of hydrogen-bond acceptors (Lipinski definition) is 4. The van der Waals surface area contributed by atoms with Crippen LogP contribution in [0.3, 0.4) is 0 Å². The first-order valence-electron chi connectivity index (χ1n) is 7.03. The molecule has 1 N–H and O–H groups in total. The number of carbonyl (C=O) groups is 1. The predicted octanol–water partition coefficient (Wildman–Crippen LogP) is 2.99. The smallest absolute Gasteiger partial charge is 0.355 e. The van der Waals surface area contributed by atoms with Gasteiger partial charge >= 0.3 is 5.97 Å². The number of methoxy groups -OCH3 is 2. The minimum absolute atomic E-state index is 0.140. The van der Waals surface area contributed by atoms with Gasteiger partial charge in [-0.25, -0.2) is 4.79 Å². The van der Waals surface area contributed by atoms with E-state index in [-0.39, 0.29) is 11.3 Å². The number of pyridine rings is 1. The van der Waals surface area contributed by atoms with Gasteiger partial charge in [-0.15, -0.1) is 0 Å². The molecule has 3 rings (SSSR count). The molecular weight excluding hydrogens is 294 g/mol. The molecule has 0 spiro atoms. The number of rotatable bonds is 3. The molecule has 0 amide bonds. The van der Waals surface area contributed by atoms with Crippen LogP contribution in [0.25, 0.3) is 21.9 Å². The number of esters is 1. The number of ether oxygens (including phenoxy) is 2. The average molecular weight is 309 g/mol. The molecule has 0 unspecified atom stereocenters. The zero-order valence-corrected chi connectivity index (χ0v) is 12.8. The summed E-state index contributed by atoms with van der Waals surface area (Å²) in [6.07, 6.45) is 0. The van der Waals surface area contributed by atoms with Gasteiger partial charge in [-0.2, -0.15) is 0 Å². The first-order valence-corrected chi connectivity index (χ1v) is 7.03. The summed E-state index contributed by atoms with van der Waals surface area (Å²) in [5.41, 5.74) is 1.24. The van der Waals surface area contributed by atoms with E-state index >= 15 is 0 Å². The summed E-state index contributed by atoms with van der Waals surface area (Å²) >= 11 is 0. The zero-order valence-electron chi connectivity index (χ0n) is 12.8. The molecule has 0 aliphatic heterocycles. The molecule has 0 saturated carbocycles. The van der Waals surface area contributed by atoms with Crippen LogP contribution in [-0.2, 0) is 4.74 Å². The number of benzene rings is 2. The number of aromatic amines is 1. The van der Waals surface area contributed by atoms with E-state index in [4.69, 9.17) is 9.47 Å². The molecule has 23 heavy (non-hydrogen) atoms. The summed E-state index contributed by atoms with van der Waals surface area (Å²) < 4.78 is 9.97. The van der Waals surface area contributed by atoms with Crippen molar-refractivity contribution in [3.63, 3.8) is 0 Å². The van der Waals surface area contributed by atoms with Crippen molar-refractivity contribution in [2.75, 3.05) is 14.2 Å². The van der Waals surface area contributed by atoms with Crippen molar-refractivity contribution in [1.82, 2.24) is 4.98 Å².